The van der Waals surface area contributed by atoms with Crippen LogP contribution in [-0.4, -0.2) is 15.8 Å². The maximum Gasteiger partial charge on any atom is 0.405 e. The zero-order valence-corrected chi connectivity index (χ0v) is 14.6. The molecule has 7 nitrogen and oxygen atoms in total. The number of benzene rings is 1. The molecule has 2 heterocycles. The number of aromatic nitrogens is 1. The molecule has 0 saturated carbocycles. The highest BCUT2D eigenvalue weighted by molar-refractivity contribution is 5.83. The Morgan fingerprint density at radius 2 is 1.96 bits per heavy atom. The molecule has 1 amide bonds. The molecule has 0 aliphatic carbocycles. The summed E-state index contributed by atoms with van der Waals surface area (Å²) >= 11 is 0. The second-order valence-electron chi connectivity index (χ2n) is 6.24. The minimum atomic E-state index is -1.16. The summed E-state index contributed by atoms with van der Waals surface area (Å²) in [6.45, 7) is 3.51. The highest BCUT2D eigenvalue weighted by Crippen LogP contribution is 2.28. The Hall–Kier alpha value is -3.35. The zero-order chi connectivity index (χ0) is 19.0. The lowest BCUT2D eigenvalue weighted by molar-refractivity contribution is 0.191. The lowest BCUT2D eigenvalue weighted by Crippen LogP contribution is -2.25. The van der Waals surface area contributed by atoms with Crippen LogP contribution < -0.4 is 16.3 Å². The largest absolute Gasteiger partial charge is 0.465 e. The number of hydrogen-bond donors (Lipinski definition) is 2. The van der Waals surface area contributed by atoms with Crippen molar-refractivity contribution in [1.82, 2.24) is 9.88 Å². The quantitative estimate of drug-likeness (QED) is 0.753. The molecule has 3 rings (SSSR count). The number of carbonyl (C=O) groups is 1. The average molecular weight is 354 g/mol. The number of pyridine rings is 1. The first kappa shape index (κ1) is 17.5. The van der Waals surface area contributed by atoms with E-state index in [1.807, 2.05) is 6.92 Å². The van der Waals surface area contributed by atoms with E-state index in [0.717, 1.165) is 5.56 Å². The van der Waals surface area contributed by atoms with Gasteiger partial charge in [0.2, 0.25) is 5.56 Å². The van der Waals surface area contributed by atoms with Crippen molar-refractivity contribution < 1.29 is 14.3 Å². The predicted octanol–water partition coefficient (Wildman–Crippen LogP) is 2.80. The third-order valence-electron chi connectivity index (χ3n) is 4.18. The summed E-state index contributed by atoms with van der Waals surface area (Å²) in [7, 11) is 1.61. The molecule has 0 aliphatic rings. The number of hydrogen-bond acceptors (Lipinski definition) is 4. The Labute approximate surface area is 148 Å². The van der Waals surface area contributed by atoms with Crippen LogP contribution >= 0.6 is 0 Å². The summed E-state index contributed by atoms with van der Waals surface area (Å²) in [5, 5.41) is 11.8. The monoisotopic (exact) mass is 354 g/mol. The van der Waals surface area contributed by atoms with Crippen LogP contribution in [0.2, 0.25) is 0 Å². The Balaban J connectivity index is 2.27. The first-order valence-electron chi connectivity index (χ1n) is 8.01. The van der Waals surface area contributed by atoms with Gasteiger partial charge >= 0.3 is 6.09 Å². The Kier molecular flexibility index (Phi) is 4.38. The van der Waals surface area contributed by atoms with Gasteiger partial charge in [-0.15, -0.1) is 0 Å². The number of fused-ring (bicyclic) bond motifs is 1. The first-order chi connectivity index (χ1) is 12.3. The molecule has 0 aliphatic heterocycles. The van der Waals surface area contributed by atoms with Gasteiger partial charge in [-0.05, 0) is 31.5 Å². The summed E-state index contributed by atoms with van der Waals surface area (Å²) in [5.41, 5.74) is 1.90. The summed E-state index contributed by atoms with van der Waals surface area (Å²) in [6, 6.07) is 7.29. The van der Waals surface area contributed by atoms with Gasteiger partial charge in [-0.3, -0.25) is 9.59 Å². The van der Waals surface area contributed by atoms with E-state index in [1.165, 1.54) is 16.7 Å². The number of aryl methyl sites for hydroxylation is 2. The lowest BCUT2D eigenvalue weighted by Gasteiger charge is -2.15. The van der Waals surface area contributed by atoms with Gasteiger partial charge in [-0.2, -0.15) is 0 Å². The summed E-state index contributed by atoms with van der Waals surface area (Å²) in [4.78, 5) is 35.2. The van der Waals surface area contributed by atoms with Gasteiger partial charge in [0, 0.05) is 36.5 Å². The van der Waals surface area contributed by atoms with Crippen molar-refractivity contribution in [3.63, 3.8) is 0 Å². The molecule has 1 unspecified atom stereocenters. The molecule has 0 radical (unpaired) electrons. The molecular formula is C19H18N2O5. The van der Waals surface area contributed by atoms with Gasteiger partial charge in [0.25, 0.3) is 0 Å². The van der Waals surface area contributed by atoms with E-state index in [1.54, 1.807) is 38.4 Å². The Morgan fingerprint density at radius 1 is 1.23 bits per heavy atom. The van der Waals surface area contributed by atoms with Gasteiger partial charge < -0.3 is 19.4 Å². The van der Waals surface area contributed by atoms with Crippen molar-refractivity contribution in [3.05, 3.63) is 68.2 Å². The van der Waals surface area contributed by atoms with E-state index >= 15 is 0 Å². The molecule has 26 heavy (non-hydrogen) atoms. The van der Waals surface area contributed by atoms with Crippen molar-refractivity contribution in [2.45, 2.75) is 19.9 Å². The van der Waals surface area contributed by atoms with E-state index in [9.17, 15) is 14.4 Å². The maximum atomic E-state index is 12.6. The molecule has 1 aromatic carbocycles. The fourth-order valence-corrected chi connectivity index (χ4v) is 2.90. The van der Waals surface area contributed by atoms with Crippen LogP contribution in [0.15, 0.2) is 50.5 Å². The molecule has 7 heteroatoms. The van der Waals surface area contributed by atoms with Gasteiger partial charge in [-0.1, -0.05) is 6.07 Å². The summed E-state index contributed by atoms with van der Waals surface area (Å²) < 4.78 is 7.36. The van der Waals surface area contributed by atoms with E-state index in [4.69, 9.17) is 9.52 Å². The lowest BCUT2D eigenvalue weighted by atomic mass is 10.0. The molecule has 2 N–H and O–H groups in total. The number of carboxylic acid groups (broad SMARTS) is 1. The Bertz CT molecular complexity index is 1130. The number of nitrogens with one attached hydrogen (secondary N) is 1. The second-order valence-corrected chi connectivity index (χ2v) is 6.24. The van der Waals surface area contributed by atoms with Crippen LogP contribution in [0.5, 0.6) is 0 Å². The molecule has 0 spiro atoms. The molecule has 0 fully saturated rings. The van der Waals surface area contributed by atoms with Gasteiger partial charge in [0.05, 0.1) is 11.4 Å². The molecule has 0 saturated heterocycles. The van der Waals surface area contributed by atoms with Crippen molar-refractivity contribution in [1.29, 1.82) is 0 Å². The highest BCUT2D eigenvalue weighted by atomic mass is 16.4. The van der Waals surface area contributed by atoms with Gasteiger partial charge in [0.15, 0.2) is 5.43 Å². The van der Waals surface area contributed by atoms with Gasteiger partial charge in [-0.25, -0.2) is 4.79 Å². The van der Waals surface area contributed by atoms with E-state index in [0.29, 0.717) is 27.9 Å². The molecule has 0 bridgehead atoms. The van der Waals surface area contributed by atoms with E-state index in [2.05, 4.69) is 5.32 Å². The maximum absolute atomic E-state index is 12.6. The molecule has 1 atom stereocenters. The minimum absolute atomic E-state index is 0.174. The zero-order valence-electron chi connectivity index (χ0n) is 14.6. The topological polar surface area (TPSA) is 102 Å². The first-order valence-corrected chi connectivity index (χ1v) is 8.01. The normalized spacial score (nSPS) is 12.1. The van der Waals surface area contributed by atoms with Crippen molar-refractivity contribution in [3.8, 4) is 11.3 Å². The minimum Gasteiger partial charge on any atom is -0.465 e. The molecule has 3 aromatic rings. The van der Waals surface area contributed by atoms with E-state index in [-0.39, 0.29) is 11.0 Å². The average Bonchev–Trinajstić information content (AvgIpc) is 2.56. The van der Waals surface area contributed by atoms with Crippen molar-refractivity contribution in [2.75, 3.05) is 0 Å². The smallest absolute Gasteiger partial charge is 0.405 e. The second kappa shape index (κ2) is 6.51. The van der Waals surface area contributed by atoms with Crippen LogP contribution in [0.25, 0.3) is 22.3 Å². The summed E-state index contributed by atoms with van der Waals surface area (Å²) in [6.07, 6.45) is 0.419. The SMILES string of the molecule is Cc1cc(C(C)NC(=O)O)c2oc(-c3ccc(=O)n(C)c3)cc(=O)c2c1. The number of nitrogens with zero attached hydrogens (tertiary/aromatic N) is 1. The standard InChI is InChI=1S/C19H18N2O5/c1-10-6-13(11(2)20-19(24)25)18-14(7-10)15(22)8-16(26-18)12-4-5-17(23)21(3)9-12/h4-9,11,20H,1-3H3,(H,24,25). The van der Waals surface area contributed by atoms with Crippen LogP contribution in [0.4, 0.5) is 4.79 Å². The van der Waals surface area contributed by atoms with Crippen LogP contribution in [-0.2, 0) is 7.05 Å². The number of rotatable bonds is 3. The fourth-order valence-electron chi connectivity index (χ4n) is 2.90. The molecule has 134 valence electrons. The third-order valence-corrected chi connectivity index (χ3v) is 4.18. The van der Waals surface area contributed by atoms with Crippen molar-refractivity contribution in [2.24, 2.45) is 7.05 Å². The third kappa shape index (κ3) is 3.23. The molecular weight excluding hydrogens is 336 g/mol. The van der Waals surface area contributed by atoms with Crippen molar-refractivity contribution >= 4 is 17.1 Å². The van der Waals surface area contributed by atoms with Crippen LogP contribution in [0.3, 0.4) is 0 Å². The van der Waals surface area contributed by atoms with Crippen LogP contribution in [0, 0.1) is 6.92 Å². The fraction of sp³-hybridized carbons (Fsp3) is 0.211. The Morgan fingerprint density at radius 3 is 2.62 bits per heavy atom. The molecule has 2 aromatic heterocycles. The highest BCUT2D eigenvalue weighted by Gasteiger charge is 2.17. The number of amides is 1. The van der Waals surface area contributed by atoms with E-state index < -0.39 is 12.1 Å². The van der Waals surface area contributed by atoms with Crippen LogP contribution in [0.1, 0.15) is 24.1 Å². The summed E-state index contributed by atoms with van der Waals surface area (Å²) in [5.74, 6) is 0.311. The van der Waals surface area contributed by atoms with Gasteiger partial charge in [0.1, 0.15) is 11.3 Å². The predicted molar refractivity (Wildman–Crippen MR) is 97.5 cm³/mol.